The molecule has 0 aliphatic heterocycles. The zero-order valence-electron chi connectivity index (χ0n) is 7.25. The van der Waals surface area contributed by atoms with Crippen molar-refractivity contribution in [2.24, 2.45) is 0 Å². The predicted molar refractivity (Wildman–Crippen MR) is 49.9 cm³/mol. The van der Waals surface area contributed by atoms with E-state index in [-0.39, 0.29) is 10.2 Å². The SMILES string of the molecule is O=C(O)Cc1ncc(O)c(C(F)F)c1Br. The number of carboxylic acid groups (broad SMARTS) is 1. The molecule has 1 aromatic heterocycles. The first kappa shape index (κ1) is 11.8. The predicted octanol–water partition coefficient (Wildman–Crippen LogP) is 2.11. The lowest BCUT2D eigenvalue weighted by molar-refractivity contribution is -0.136. The lowest BCUT2D eigenvalue weighted by atomic mass is 10.2. The third-order valence-electron chi connectivity index (χ3n) is 1.65. The molecule has 0 aromatic carbocycles. The average molecular weight is 282 g/mol. The number of aromatic hydroxyl groups is 1. The summed E-state index contributed by atoms with van der Waals surface area (Å²) in [4.78, 5) is 13.9. The zero-order chi connectivity index (χ0) is 11.6. The Bertz CT molecular complexity index is 398. The van der Waals surface area contributed by atoms with Crippen LogP contribution in [0, 0.1) is 0 Å². The van der Waals surface area contributed by atoms with Gasteiger partial charge in [-0.2, -0.15) is 0 Å². The molecule has 4 nitrogen and oxygen atoms in total. The van der Waals surface area contributed by atoms with Crippen LogP contribution in [0.25, 0.3) is 0 Å². The van der Waals surface area contributed by atoms with Gasteiger partial charge in [0, 0.05) is 0 Å². The van der Waals surface area contributed by atoms with Gasteiger partial charge in [0.25, 0.3) is 6.43 Å². The summed E-state index contributed by atoms with van der Waals surface area (Å²) in [5, 5.41) is 17.6. The van der Waals surface area contributed by atoms with Gasteiger partial charge in [-0.3, -0.25) is 9.78 Å². The molecule has 2 N–H and O–H groups in total. The number of rotatable bonds is 3. The van der Waals surface area contributed by atoms with E-state index in [1.54, 1.807) is 0 Å². The van der Waals surface area contributed by atoms with Crippen molar-refractivity contribution >= 4 is 21.9 Å². The van der Waals surface area contributed by atoms with Crippen molar-refractivity contribution in [1.82, 2.24) is 4.98 Å². The van der Waals surface area contributed by atoms with Gasteiger partial charge in [0.1, 0.15) is 5.75 Å². The van der Waals surface area contributed by atoms with Gasteiger partial charge in [0.2, 0.25) is 0 Å². The molecule has 0 spiro atoms. The van der Waals surface area contributed by atoms with Crippen molar-refractivity contribution in [3.05, 3.63) is 21.9 Å². The molecule has 0 aliphatic rings. The van der Waals surface area contributed by atoms with Gasteiger partial charge in [-0.15, -0.1) is 0 Å². The first-order valence-corrected chi connectivity index (χ1v) is 4.59. The highest BCUT2D eigenvalue weighted by molar-refractivity contribution is 9.10. The number of carbonyl (C=O) groups is 1. The molecular weight excluding hydrogens is 276 g/mol. The van der Waals surface area contributed by atoms with Gasteiger partial charge in [0.05, 0.1) is 28.3 Å². The smallest absolute Gasteiger partial charge is 0.309 e. The van der Waals surface area contributed by atoms with Crippen molar-refractivity contribution < 1.29 is 23.8 Å². The highest BCUT2D eigenvalue weighted by Gasteiger charge is 2.21. The third kappa shape index (κ3) is 2.62. The summed E-state index contributed by atoms with van der Waals surface area (Å²) in [5.41, 5.74) is -0.683. The summed E-state index contributed by atoms with van der Waals surface area (Å²) in [6, 6.07) is 0. The Kier molecular flexibility index (Phi) is 3.57. The minimum Gasteiger partial charge on any atom is -0.506 e. The summed E-state index contributed by atoms with van der Waals surface area (Å²) in [7, 11) is 0. The monoisotopic (exact) mass is 281 g/mol. The van der Waals surface area contributed by atoms with Gasteiger partial charge in [-0.25, -0.2) is 8.78 Å². The van der Waals surface area contributed by atoms with Crippen LogP contribution in [0.3, 0.4) is 0 Å². The summed E-state index contributed by atoms with van der Waals surface area (Å²) >= 11 is 2.80. The molecular formula is C8H6BrF2NO3. The number of halogens is 3. The van der Waals surface area contributed by atoms with Gasteiger partial charge in [0.15, 0.2) is 0 Å². The molecule has 15 heavy (non-hydrogen) atoms. The molecule has 1 aromatic rings. The number of aromatic nitrogens is 1. The molecule has 1 rings (SSSR count). The number of pyridine rings is 1. The van der Waals surface area contributed by atoms with Crippen LogP contribution < -0.4 is 0 Å². The molecule has 0 unspecified atom stereocenters. The Hall–Kier alpha value is -1.24. The first-order chi connectivity index (χ1) is 6.93. The number of hydrogen-bond donors (Lipinski definition) is 2. The summed E-state index contributed by atoms with van der Waals surface area (Å²) in [6.07, 6.45) is -2.57. The van der Waals surface area contributed by atoms with Crippen LogP contribution in [0.4, 0.5) is 8.78 Å². The fourth-order valence-electron chi connectivity index (χ4n) is 1.01. The topological polar surface area (TPSA) is 70.4 Å². The van der Waals surface area contributed by atoms with Crippen molar-refractivity contribution in [1.29, 1.82) is 0 Å². The van der Waals surface area contributed by atoms with Crippen molar-refractivity contribution in [3.63, 3.8) is 0 Å². The highest BCUT2D eigenvalue weighted by atomic mass is 79.9. The third-order valence-corrected chi connectivity index (χ3v) is 2.53. The number of nitrogens with zero attached hydrogens (tertiary/aromatic N) is 1. The Morgan fingerprint density at radius 3 is 2.67 bits per heavy atom. The molecule has 82 valence electrons. The van der Waals surface area contributed by atoms with E-state index >= 15 is 0 Å². The lowest BCUT2D eigenvalue weighted by Gasteiger charge is -2.08. The van der Waals surface area contributed by atoms with Gasteiger partial charge < -0.3 is 10.2 Å². The maximum atomic E-state index is 12.4. The maximum absolute atomic E-state index is 12.4. The Morgan fingerprint density at radius 2 is 2.20 bits per heavy atom. The van der Waals surface area contributed by atoms with E-state index in [4.69, 9.17) is 10.2 Å². The van der Waals surface area contributed by atoms with Crippen LogP contribution in [0.1, 0.15) is 17.7 Å². The second-order valence-corrected chi connectivity index (χ2v) is 3.48. The quantitative estimate of drug-likeness (QED) is 0.890. The summed E-state index contributed by atoms with van der Waals surface area (Å²) < 4.78 is 24.7. The fraction of sp³-hybridized carbons (Fsp3) is 0.250. The molecule has 0 saturated carbocycles. The van der Waals surface area contributed by atoms with Crippen LogP contribution in [0.5, 0.6) is 5.75 Å². The van der Waals surface area contributed by atoms with E-state index in [1.165, 1.54) is 0 Å². The van der Waals surface area contributed by atoms with Crippen LogP contribution in [0.2, 0.25) is 0 Å². The highest BCUT2D eigenvalue weighted by Crippen LogP contribution is 2.35. The number of alkyl halides is 2. The van der Waals surface area contributed by atoms with Gasteiger partial charge in [-0.05, 0) is 15.9 Å². The second kappa shape index (κ2) is 4.52. The number of hydrogen-bond acceptors (Lipinski definition) is 3. The van der Waals surface area contributed by atoms with Crippen LogP contribution in [-0.4, -0.2) is 21.2 Å². The molecule has 0 amide bonds. The van der Waals surface area contributed by atoms with E-state index in [9.17, 15) is 13.6 Å². The van der Waals surface area contributed by atoms with Crippen LogP contribution in [-0.2, 0) is 11.2 Å². The molecule has 0 atom stereocenters. The fourth-order valence-corrected chi connectivity index (χ4v) is 1.63. The zero-order valence-corrected chi connectivity index (χ0v) is 8.83. The molecule has 0 bridgehead atoms. The van der Waals surface area contributed by atoms with E-state index in [0.29, 0.717) is 0 Å². The van der Waals surface area contributed by atoms with Crippen LogP contribution >= 0.6 is 15.9 Å². The summed E-state index contributed by atoms with van der Waals surface area (Å²) in [5.74, 6) is -1.85. The van der Waals surface area contributed by atoms with Gasteiger partial charge >= 0.3 is 5.97 Å². The molecule has 7 heteroatoms. The molecule has 0 aliphatic carbocycles. The molecule has 0 saturated heterocycles. The Morgan fingerprint density at radius 1 is 1.60 bits per heavy atom. The van der Waals surface area contributed by atoms with Crippen molar-refractivity contribution in [3.8, 4) is 5.75 Å². The standard InChI is InChI=1S/C8H6BrF2NO3/c9-7-3(1-5(14)15)12-2-4(13)6(7)8(10)11/h2,8,13H,1H2,(H,14,15). The number of carboxylic acids is 1. The minimum atomic E-state index is -2.89. The summed E-state index contributed by atoms with van der Waals surface area (Å²) in [6.45, 7) is 0. The van der Waals surface area contributed by atoms with E-state index in [2.05, 4.69) is 20.9 Å². The van der Waals surface area contributed by atoms with Crippen LogP contribution in [0.15, 0.2) is 10.7 Å². The lowest BCUT2D eigenvalue weighted by Crippen LogP contribution is -2.05. The largest absolute Gasteiger partial charge is 0.506 e. The second-order valence-electron chi connectivity index (χ2n) is 2.69. The van der Waals surface area contributed by atoms with E-state index < -0.39 is 30.1 Å². The van der Waals surface area contributed by atoms with Crippen molar-refractivity contribution in [2.45, 2.75) is 12.8 Å². The molecule has 0 fully saturated rings. The van der Waals surface area contributed by atoms with E-state index in [0.717, 1.165) is 6.20 Å². The Labute approximate surface area is 91.7 Å². The Balaban J connectivity index is 3.22. The maximum Gasteiger partial charge on any atom is 0.309 e. The van der Waals surface area contributed by atoms with Gasteiger partial charge in [-0.1, -0.05) is 0 Å². The first-order valence-electron chi connectivity index (χ1n) is 3.79. The average Bonchev–Trinajstić information content (AvgIpc) is 2.09. The van der Waals surface area contributed by atoms with Crippen molar-refractivity contribution in [2.75, 3.05) is 0 Å². The molecule has 0 radical (unpaired) electrons. The molecule has 1 heterocycles. The minimum absolute atomic E-state index is 0.0457. The van der Waals surface area contributed by atoms with E-state index in [1.807, 2.05) is 0 Å². The normalized spacial score (nSPS) is 10.7. The number of aliphatic carboxylic acids is 1.